The van der Waals surface area contributed by atoms with Gasteiger partial charge < -0.3 is 19.5 Å². The molecule has 0 aromatic heterocycles. The standard InChI is InChI=1S/C18H16ClNO5/c1-11(25-18(22)12-3-2-4-13(19)9-12)17(21)20-14-5-6-15-16(10-14)24-8-7-23-15/h2-6,9-11H,7-8H2,1H3,(H,20,21)/t11-/m0/s1. The summed E-state index contributed by atoms with van der Waals surface area (Å²) >= 11 is 5.84. The predicted molar refractivity (Wildman–Crippen MR) is 92.4 cm³/mol. The quantitative estimate of drug-likeness (QED) is 0.846. The highest BCUT2D eigenvalue weighted by Gasteiger charge is 2.20. The van der Waals surface area contributed by atoms with Gasteiger partial charge in [-0.15, -0.1) is 0 Å². The van der Waals surface area contributed by atoms with E-state index in [4.69, 9.17) is 25.8 Å². The molecule has 25 heavy (non-hydrogen) atoms. The van der Waals surface area contributed by atoms with Gasteiger partial charge in [-0.25, -0.2) is 4.79 Å². The normalized spacial score (nSPS) is 13.7. The van der Waals surface area contributed by atoms with Crippen molar-refractivity contribution in [3.05, 3.63) is 53.1 Å². The van der Waals surface area contributed by atoms with Gasteiger partial charge in [0.25, 0.3) is 5.91 Å². The van der Waals surface area contributed by atoms with Crippen molar-refractivity contribution in [1.29, 1.82) is 0 Å². The first-order chi connectivity index (χ1) is 12.0. The minimum absolute atomic E-state index is 0.284. The molecular formula is C18H16ClNO5. The van der Waals surface area contributed by atoms with Gasteiger partial charge in [0.05, 0.1) is 5.56 Å². The van der Waals surface area contributed by atoms with Crippen molar-refractivity contribution in [1.82, 2.24) is 0 Å². The van der Waals surface area contributed by atoms with E-state index in [9.17, 15) is 9.59 Å². The van der Waals surface area contributed by atoms with Crippen LogP contribution in [0.1, 0.15) is 17.3 Å². The molecule has 1 heterocycles. The SMILES string of the molecule is C[C@H](OC(=O)c1cccc(Cl)c1)C(=O)Nc1ccc2c(c1)OCCO2. The van der Waals surface area contributed by atoms with Crippen LogP contribution < -0.4 is 14.8 Å². The van der Waals surface area contributed by atoms with Crippen LogP contribution >= 0.6 is 11.6 Å². The molecule has 6 nitrogen and oxygen atoms in total. The minimum atomic E-state index is -0.973. The number of carbonyl (C=O) groups is 2. The average Bonchev–Trinajstić information content (AvgIpc) is 2.61. The highest BCUT2D eigenvalue weighted by Crippen LogP contribution is 2.32. The van der Waals surface area contributed by atoms with Gasteiger partial charge >= 0.3 is 5.97 Å². The topological polar surface area (TPSA) is 73.9 Å². The lowest BCUT2D eigenvalue weighted by Gasteiger charge is -2.19. The third-order valence-corrected chi connectivity index (χ3v) is 3.76. The van der Waals surface area contributed by atoms with Crippen LogP contribution in [0.2, 0.25) is 5.02 Å². The zero-order valence-electron chi connectivity index (χ0n) is 13.5. The van der Waals surface area contributed by atoms with Crippen molar-refractivity contribution in [2.45, 2.75) is 13.0 Å². The van der Waals surface area contributed by atoms with Crippen LogP contribution in [0.15, 0.2) is 42.5 Å². The van der Waals surface area contributed by atoms with Crippen molar-refractivity contribution < 1.29 is 23.8 Å². The van der Waals surface area contributed by atoms with E-state index >= 15 is 0 Å². The Balaban J connectivity index is 1.62. The van der Waals surface area contributed by atoms with Crippen LogP contribution in [-0.4, -0.2) is 31.2 Å². The molecule has 1 aliphatic heterocycles. The molecule has 0 fully saturated rings. The highest BCUT2D eigenvalue weighted by molar-refractivity contribution is 6.30. The van der Waals surface area contributed by atoms with Crippen LogP contribution in [0, 0.1) is 0 Å². The first-order valence-electron chi connectivity index (χ1n) is 7.70. The van der Waals surface area contributed by atoms with E-state index < -0.39 is 18.0 Å². The number of hydrogen-bond acceptors (Lipinski definition) is 5. The van der Waals surface area contributed by atoms with Gasteiger partial charge in [0.15, 0.2) is 17.6 Å². The fraction of sp³-hybridized carbons (Fsp3) is 0.222. The molecule has 0 saturated carbocycles. The number of carbonyl (C=O) groups excluding carboxylic acids is 2. The number of amides is 1. The summed E-state index contributed by atoms with van der Waals surface area (Å²) in [6.45, 7) is 2.45. The fourth-order valence-corrected chi connectivity index (χ4v) is 2.45. The van der Waals surface area contributed by atoms with Crippen LogP contribution in [-0.2, 0) is 9.53 Å². The summed E-state index contributed by atoms with van der Waals surface area (Å²) in [5.41, 5.74) is 0.811. The zero-order valence-corrected chi connectivity index (χ0v) is 14.2. The van der Waals surface area contributed by atoms with E-state index in [2.05, 4.69) is 5.32 Å². The fourth-order valence-electron chi connectivity index (χ4n) is 2.26. The molecule has 2 aromatic carbocycles. The molecule has 0 unspecified atom stereocenters. The van der Waals surface area contributed by atoms with Crippen LogP contribution in [0.4, 0.5) is 5.69 Å². The lowest BCUT2D eigenvalue weighted by atomic mass is 10.2. The molecule has 1 atom stereocenters. The number of nitrogens with one attached hydrogen (secondary N) is 1. The molecule has 0 aliphatic carbocycles. The molecule has 1 N–H and O–H groups in total. The number of fused-ring (bicyclic) bond motifs is 1. The van der Waals surface area contributed by atoms with E-state index in [-0.39, 0.29) is 5.56 Å². The van der Waals surface area contributed by atoms with E-state index in [1.54, 1.807) is 36.4 Å². The van der Waals surface area contributed by atoms with E-state index in [0.717, 1.165) is 0 Å². The maximum atomic E-state index is 12.2. The van der Waals surface area contributed by atoms with Gasteiger partial charge in [0.1, 0.15) is 13.2 Å². The Kier molecular flexibility index (Phi) is 5.09. The van der Waals surface area contributed by atoms with Crippen molar-refractivity contribution >= 4 is 29.2 Å². The molecule has 0 bridgehead atoms. The van der Waals surface area contributed by atoms with Gasteiger partial charge in [0.2, 0.25) is 0 Å². The lowest BCUT2D eigenvalue weighted by molar-refractivity contribution is -0.123. The molecule has 1 aliphatic rings. The van der Waals surface area contributed by atoms with Gasteiger partial charge in [-0.1, -0.05) is 17.7 Å². The Morgan fingerprint density at radius 2 is 1.88 bits per heavy atom. The maximum Gasteiger partial charge on any atom is 0.338 e. The molecule has 2 aromatic rings. The molecule has 0 spiro atoms. The summed E-state index contributed by atoms with van der Waals surface area (Å²) in [5.74, 6) is 0.122. The maximum absolute atomic E-state index is 12.2. The second kappa shape index (κ2) is 7.44. The Hall–Kier alpha value is -2.73. The molecule has 0 saturated heterocycles. The number of hydrogen-bond donors (Lipinski definition) is 1. The summed E-state index contributed by atoms with van der Waals surface area (Å²) in [5, 5.41) is 3.10. The Morgan fingerprint density at radius 3 is 2.64 bits per heavy atom. The number of esters is 1. The Morgan fingerprint density at radius 1 is 1.12 bits per heavy atom. The summed E-state index contributed by atoms with van der Waals surface area (Å²) in [6.07, 6.45) is -0.973. The molecule has 130 valence electrons. The number of benzene rings is 2. The number of anilines is 1. The van der Waals surface area contributed by atoms with E-state index in [1.165, 1.54) is 13.0 Å². The monoisotopic (exact) mass is 361 g/mol. The zero-order chi connectivity index (χ0) is 17.8. The summed E-state index contributed by atoms with van der Waals surface area (Å²) in [6, 6.07) is 11.4. The van der Waals surface area contributed by atoms with E-state index in [0.29, 0.717) is 35.4 Å². The van der Waals surface area contributed by atoms with Crippen molar-refractivity contribution in [2.75, 3.05) is 18.5 Å². The van der Waals surface area contributed by atoms with Gasteiger partial charge in [-0.2, -0.15) is 0 Å². The average molecular weight is 362 g/mol. The molecule has 0 radical (unpaired) electrons. The molecule has 7 heteroatoms. The number of rotatable bonds is 4. The Bertz CT molecular complexity index is 808. The summed E-state index contributed by atoms with van der Waals surface area (Å²) in [4.78, 5) is 24.3. The van der Waals surface area contributed by atoms with Crippen LogP contribution in [0.25, 0.3) is 0 Å². The first kappa shape index (κ1) is 17.1. The molecule has 1 amide bonds. The highest BCUT2D eigenvalue weighted by atomic mass is 35.5. The largest absolute Gasteiger partial charge is 0.486 e. The van der Waals surface area contributed by atoms with Gasteiger partial charge in [-0.05, 0) is 37.3 Å². The first-order valence-corrected chi connectivity index (χ1v) is 8.08. The van der Waals surface area contributed by atoms with Crippen molar-refractivity contribution in [3.8, 4) is 11.5 Å². The third kappa shape index (κ3) is 4.22. The van der Waals surface area contributed by atoms with Gasteiger partial charge in [0, 0.05) is 16.8 Å². The number of ether oxygens (including phenoxy) is 3. The third-order valence-electron chi connectivity index (χ3n) is 3.52. The second-order valence-electron chi connectivity index (χ2n) is 5.41. The molecule has 3 rings (SSSR count). The second-order valence-corrected chi connectivity index (χ2v) is 5.84. The minimum Gasteiger partial charge on any atom is -0.486 e. The predicted octanol–water partition coefficient (Wildman–Crippen LogP) is 3.30. The van der Waals surface area contributed by atoms with E-state index in [1.807, 2.05) is 0 Å². The van der Waals surface area contributed by atoms with Crippen LogP contribution in [0.3, 0.4) is 0 Å². The van der Waals surface area contributed by atoms with Gasteiger partial charge in [-0.3, -0.25) is 4.79 Å². The number of halogens is 1. The summed E-state index contributed by atoms with van der Waals surface area (Å²) < 4.78 is 16.1. The van der Waals surface area contributed by atoms with Crippen molar-refractivity contribution in [3.63, 3.8) is 0 Å². The van der Waals surface area contributed by atoms with Crippen LogP contribution in [0.5, 0.6) is 11.5 Å². The summed E-state index contributed by atoms with van der Waals surface area (Å²) in [7, 11) is 0. The van der Waals surface area contributed by atoms with Crippen molar-refractivity contribution in [2.24, 2.45) is 0 Å². The Labute approximate surface area is 149 Å². The lowest BCUT2D eigenvalue weighted by Crippen LogP contribution is -2.30. The smallest absolute Gasteiger partial charge is 0.338 e. The molecular weight excluding hydrogens is 346 g/mol.